The quantitative estimate of drug-likeness (QED) is 0.294. The van der Waals surface area contributed by atoms with Gasteiger partial charge in [0, 0.05) is 10.9 Å². The molecule has 1 fully saturated rings. The summed E-state index contributed by atoms with van der Waals surface area (Å²) in [5.41, 5.74) is 0.724. The Labute approximate surface area is 207 Å². The number of methoxy groups -OCH3 is 2. The number of hydrogen-bond acceptors (Lipinski definition) is 6. The first-order valence-electron chi connectivity index (χ1n) is 11.1. The molecule has 0 aliphatic carbocycles. The summed E-state index contributed by atoms with van der Waals surface area (Å²) < 4.78 is 16.9. The lowest BCUT2D eigenvalue weighted by atomic mass is 10.0. The average Bonchev–Trinajstić information content (AvgIpc) is 3.16. The number of rotatable bonds is 7. The monoisotopic (exact) mass is 485 g/mol. The molecule has 0 saturated carbocycles. The van der Waals surface area contributed by atoms with Crippen molar-refractivity contribution in [3.63, 3.8) is 0 Å². The number of thioether (sulfide) groups is 1. The molecular formula is C28H23NO5S. The number of ether oxygens (including phenoxy) is 3. The van der Waals surface area contributed by atoms with Gasteiger partial charge in [-0.15, -0.1) is 0 Å². The van der Waals surface area contributed by atoms with Gasteiger partial charge in [-0.1, -0.05) is 48.5 Å². The van der Waals surface area contributed by atoms with Crippen LogP contribution in [-0.2, 0) is 4.79 Å². The normalized spacial score (nSPS) is 14.8. The van der Waals surface area contributed by atoms with Gasteiger partial charge in [0.15, 0.2) is 0 Å². The molecule has 0 N–H and O–H groups in total. The first-order chi connectivity index (χ1) is 17.1. The molecule has 1 heterocycles. The van der Waals surface area contributed by atoms with Crippen LogP contribution in [0.15, 0.2) is 77.7 Å². The Hall–Kier alpha value is -3.97. The summed E-state index contributed by atoms with van der Waals surface area (Å²) >= 11 is 0.919. The van der Waals surface area contributed by atoms with Crippen LogP contribution in [0.4, 0.5) is 4.79 Å². The number of hydrogen-bond donors (Lipinski definition) is 0. The summed E-state index contributed by atoms with van der Waals surface area (Å²) in [6.07, 6.45) is 1.72. The van der Waals surface area contributed by atoms with Crippen LogP contribution in [0, 0.1) is 0 Å². The summed E-state index contributed by atoms with van der Waals surface area (Å²) in [5, 5.41) is 3.58. The Morgan fingerprint density at radius 1 is 0.829 bits per heavy atom. The third-order valence-electron chi connectivity index (χ3n) is 5.92. The lowest BCUT2D eigenvalue weighted by molar-refractivity contribution is -0.123. The zero-order chi connectivity index (χ0) is 24.4. The van der Waals surface area contributed by atoms with Gasteiger partial charge in [-0.2, -0.15) is 0 Å². The van der Waals surface area contributed by atoms with E-state index in [4.69, 9.17) is 14.2 Å². The molecule has 0 unspecified atom stereocenters. The molecular weight excluding hydrogens is 462 g/mol. The van der Waals surface area contributed by atoms with E-state index in [1.165, 1.54) is 4.90 Å². The van der Waals surface area contributed by atoms with Crippen LogP contribution >= 0.6 is 11.8 Å². The Kier molecular flexibility index (Phi) is 6.33. The van der Waals surface area contributed by atoms with Crippen molar-refractivity contribution in [1.82, 2.24) is 4.90 Å². The van der Waals surface area contributed by atoms with E-state index in [0.29, 0.717) is 16.4 Å². The van der Waals surface area contributed by atoms with Gasteiger partial charge in [0.25, 0.3) is 11.1 Å². The van der Waals surface area contributed by atoms with Gasteiger partial charge in [0.2, 0.25) is 0 Å². The fraction of sp³-hybridized carbons (Fsp3) is 0.143. The molecule has 0 radical (unpaired) electrons. The average molecular weight is 486 g/mol. The first kappa shape index (κ1) is 22.8. The number of carbonyl (C=O) groups excluding carboxylic acids is 2. The number of amides is 2. The second kappa shape index (κ2) is 9.72. The van der Waals surface area contributed by atoms with Crippen LogP contribution < -0.4 is 14.2 Å². The van der Waals surface area contributed by atoms with Crippen molar-refractivity contribution in [1.29, 1.82) is 0 Å². The maximum Gasteiger partial charge on any atom is 0.293 e. The Morgan fingerprint density at radius 2 is 1.60 bits per heavy atom. The molecule has 0 bridgehead atoms. The molecule has 4 aromatic carbocycles. The predicted octanol–water partition coefficient (Wildman–Crippen LogP) is 6.13. The second-order valence-corrected chi connectivity index (χ2v) is 8.92. The fourth-order valence-electron chi connectivity index (χ4n) is 4.15. The van der Waals surface area contributed by atoms with Crippen LogP contribution in [0.2, 0.25) is 0 Å². The van der Waals surface area contributed by atoms with E-state index >= 15 is 0 Å². The van der Waals surface area contributed by atoms with E-state index in [0.717, 1.165) is 44.6 Å². The molecule has 0 aromatic heterocycles. The topological polar surface area (TPSA) is 65.1 Å². The van der Waals surface area contributed by atoms with Crippen LogP contribution in [0.5, 0.6) is 17.2 Å². The highest BCUT2D eigenvalue weighted by Crippen LogP contribution is 2.37. The zero-order valence-corrected chi connectivity index (χ0v) is 20.1. The third-order valence-corrected chi connectivity index (χ3v) is 6.83. The summed E-state index contributed by atoms with van der Waals surface area (Å²) in [4.78, 5) is 27.4. The molecule has 2 amide bonds. The van der Waals surface area contributed by atoms with E-state index in [2.05, 4.69) is 0 Å². The van der Waals surface area contributed by atoms with Crippen molar-refractivity contribution in [2.75, 3.05) is 27.4 Å². The Balaban J connectivity index is 1.38. The maximum absolute atomic E-state index is 13.1. The van der Waals surface area contributed by atoms with E-state index in [-0.39, 0.29) is 24.3 Å². The SMILES string of the molecule is COc1ccc2ccc(OC)c(/C=C3\SC(=O)N(CCOc4cccc5ccccc45)C3=O)c2c1. The molecule has 5 rings (SSSR count). The largest absolute Gasteiger partial charge is 0.497 e. The minimum absolute atomic E-state index is 0.158. The van der Waals surface area contributed by atoms with Crippen LogP contribution in [0.1, 0.15) is 5.56 Å². The van der Waals surface area contributed by atoms with Crippen molar-refractivity contribution in [3.8, 4) is 17.2 Å². The van der Waals surface area contributed by atoms with Gasteiger partial charge in [-0.25, -0.2) is 0 Å². The lowest BCUT2D eigenvalue weighted by Crippen LogP contribution is -2.32. The number of fused-ring (bicyclic) bond motifs is 2. The standard InChI is InChI=1S/C28H23NO5S/c1-32-20-12-10-19-11-13-24(33-2)23(22(19)16-20)17-26-27(30)29(28(31)35-26)14-15-34-25-9-5-7-18-6-3-4-8-21(18)25/h3-13,16-17H,14-15H2,1-2H3/b26-17-. The highest BCUT2D eigenvalue weighted by molar-refractivity contribution is 8.18. The summed E-state index contributed by atoms with van der Waals surface area (Å²) in [6, 6.07) is 23.3. The summed E-state index contributed by atoms with van der Waals surface area (Å²) in [7, 11) is 3.18. The van der Waals surface area contributed by atoms with Gasteiger partial charge in [0.05, 0.1) is 25.7 Å². The van der Waals surface area contributed by atoms with Crippen molar-refractivity contribution >= 4 is 50.5 Å². The van der Waals surface area contributed by atoms with E-state index in [1.54, 1.807) is 20.3 Å². The molecule has 0 atom stereocenters. The molecule has 1 aliphatic rings. The summed E-state index contributed by atoms with van der Waals surface area (Å²) in [6.45, 7) is 0.361. The highest BCUT2D eigenvalue weighted by Gasteiger charge is 2.35. The number of benzene rings is 4. The molecule has 176 valence electrons. The molecule has 1 aliphatic heterocycles. The fourth-order valence-corrected chi connectivity index (χ4v) is 4.99. The molecule has 4 aromatic rings. The van der Waals surface area contributed by atoms with Gasteiger partial charge in [0.1, 0.15) is 23.9 Å². The van der Waals surface area contributed by atoms with Crippen LogP contribution in [0.3, 0.4) is 0 Å². The summed E-state index contributed by atoms with van der Waals surface area (Å²) in [5.74, 6) is 1.68. The minimum atomic E-state index is -0.344. The Morgan fingerprint density at radius 3 is 2.43 bits per heavy atom. The predicted molar refractivity (Wildman–Crippen MR) is 139 cm³/mol. The molecule has 6 nitrogen and oxygen atoms in total. The zero-order valence-electron chi connectivity index (χ0n) is 19.3. The van der Waals surface area contributed by atoms with E-state index in [1.807, 2.05) is 72.8 Å². The number of carbonyl (C=O) groups is 2. The lowest BCUT2D eigenvalue weighted by Gasteiger charge is -2.14. The van der Waals surface area contributed by atoms with Crippen molar-refractivity contribution in [3.05, 3.63) is 83.3 Å². The number of nitrogens with zero attached hydrogens (tertiary/aromatic N) is 1. The second-order valence-electron chi connectivity index (χ2n) is 7.93. The maximum atomic E-state index is 13.1. The van der Waals surface area contributed by atoms with Crippen LogP contribution in [0.25, 0.3) is 27.6 Å². The molecule has 35 heavy (non-hydrogen) atoms. The number of imide groups is 1. The van der Waals surface area contributed by atoms with Crippen LogP contribution in [-0.4, -0.2) is 43.4 Å². The highest BCUT2D eigenvalue weighted by atomic mass is 32.2. The van der Waals surface area contributed by atoms with Gasteiger partial charge in [-0.3, -0.25) is 14.5 Å². The minimum Gasteiger partial charge on any atom is -0.497 e. The van der Waals surface area contributed by atoms with E-state index in [9.17, 15) is 9.59 Å². The van der Waals surface area contributed by atoms with Crippen molar-refractivity contribution in [2.24, 2.45) is 0 Å². The smallest absolute Gasteiger partial charge is 0.293 e. The van der Waals surface area contributed by atoms with Gasteiger partial charge < -0.3 is 14.2 Å². The van der Waals surface area contributed by atoms with Crippen molar-refractivity contribution < 1.29 is 23.8 Å². The first-order valence-corrected chi connectivity index (χ1v) is 11.9. The molecule has 1 saturated heterocycles. The molecule has 7 heteroatoms. The van der Waals surface area contributed by atoms with Gasteiger partial charge >= 0.3 is 0 Å². The third kappa shape index (κ3) is 4.42. The van der Waals surface area contributed by atoms with Crippen molar-refractivity contribution in [2.45, 2.75) is 0 Å². The van der Waals surface area contributed by atoms with Gasteiger partial charge in [-0.05, 0) is 58.3 Å². The van der Waals surface area contributed by atoms with E-state index < -0.39 is 0 Å². The molecule has 0 spiro atoms. The Bertz CT molecular complexity index is 1470.